The number of nitrogens with two attached hydrogens (primary N) is 1. The van der Waals surface area contributed by atoms with Gasteiger partial charge in [0.25, 0.3) is 0 Å². The molecule has 1 aromatic carbocycles. The number of ether oxygens (including phenoxy) is 11. The normalized spacial score (nSPS) is 13.5. The minimum absolute atomic E-state index is 0.0170. The number of amides is 3. The van der Waals surface area contributed by atoms with E-state index >= 15 is 0 Å². The van der Waals surface area contributed by atoms with E-state index in [0.29, 0.717) is 156 Å². The number of carbonyl (C=O) groups is 3. The van der Waals surface area contributed by atoms with Crippen molar-refractivity contribution in [1.82, 2.24) is 20.4 Å². The van der Waals surface area contributed by atoms with Crippen LogP contribution in [0.5, 0.6) is 5.75 Å². The van der Waals surface area contributed by atoms with Gasteiger partial charge in [-0.15, -0.1) is 11.3 Å². The van der Waals surface area contributed by atoms with Crippen LogP contribution in [0.4, 0.5) is 28.0 Å². The van der Waals surface area contributed by atoms with Crippen LogP contribution < -0.4 is 21.1 Å². The van der Waals surface area contributed by atoms with Gasteiger partial charge < -0.3 is 73.4 Å². The summed E-state index contributed by atoms with van der Waals surface area (Å²) in [6.45, 7) is 12.4. The predicted octanol–water partition coefficient (Wildman–Crippen LogP) is 5.15. The minimum atomic E-state index is -1.80. The Kier molecular flexibility index (Phi) is 33.0. The number of fused-ring (bicyclic) bond motifs is 1. The molecule has 0 saturated heterocycles. The molecule has 20 nitrogen and oxygen atoms in total. The fraction of sp³-hybridized carbons (Fsp3) is 0.686. The first kappa shape index (κ1) is 64.1. The molecule has 2 aliphatic rings. The van der Waals surface area contributed by atoms with Gasteiger partial charge in [0.05, 0.1) is 149 Å². The number of amidine groups is 1. The van der Waals surface area contributed by atoms with Gasteiger partial charge in [0, 0.05) is 61.7 Å². The summed E-state index contributed by atoms with van der Waals surface area (Å²) in [5.41, 5.74) is 7.70. The number of benzene rings is 1. The summed E-state index contributed by atoms with van der Waals surface area (Å²) in [5.74, 6) is -9.16. The Bertz CT molecular complexity index is 2030. The van der Waals surface area contributed by atoms with Crippen LogP contribution in [-0.4, -0.2) is 205 Å². The highest BCUT2D eigenvalue weighted by molar-refractivity contribution is 7.13. The molecule has 0 bridgehead atoms. The van der Waals surface area contributed by atoms with Crippen molar-refractivity contribution in [3.8, 4) is 5.75 Å². The van der Waals surface area contributed by atoms with Crippen LogP contribution in [0.25, 0.3) is 6.08 Å². The lowest BCUT2D eigenvalue weighted by Gasteiger charge is -2.26. The van der Waals surface area contributed by atoms with Crippen molar-refractivity contribution in [3.05, 3.63) is 50.7 Å². The van der Waals surface area contributed by atoms with Crippen LogP contribution in [-0.2, 0) is 63.5 Å². The van der Waals surface area contributed by atoms with E-state index in [1.807, 2.05) is 31.0 Å². The quantitative estimate of drug-likeness (QED) is 0.0257. The monoisotopic (exact) mass is 1110 g/mol. The lowest BCUT2D eigenvalue weighted by molar-refractivity contribution is -0.136. The number of nitrogens with one attached hydrogen (secondary N) is 2. The Hall–Kier alpha value is -4.38. The van der Waals surface area contributed by atoms with Gasteiger partial charge in [0.1, 0.15) is 5.84 Å². The Morgan fingerprint density at radius 1 is 0.684 bits per heavy atom. The van der Waals surface area contributed by atoms with Gasteiger partial charge in [-0.2, -0.15) is 8.78 Å². The van der Waals surface area contributed by atoms with Crippen molar-refractivity contribution in [2.24, 2.45) is 10.7 Å². The molecule has 1 saturated carbocycles. The summed E-state index contributed by atoms with van der Waals surface area (Å²) in [6, 6.07) is 2.19. The molecule has 2 aromatic rings. The third-order valence-electron chi connectivity index (χ3n) is 11.2. The van der Waals surface area contributed by atoms with Crippen molar-refractivity contribution in [2.45, 2.75) is 64.5 Å². The molecule has 1 aliphatic carbocycles. The number of aliphatic imine (C=N–C) groups is 1. The first-order valence-corrected chi connectivity index (χ1v) is 26.8. The summed E-state index contributed by atoms with van der Waals surface area (Å²) in [4.78, 5) is 48.2. The molecule has 1 aliphatic heterocycles. The Labute approximate surface area is 447 Å². The molecular weight excluding hydrogens is 1030 g/mol. The van der Waals surface area contributed by atoms with E-state index in [9.17, 15) is 31.9 Å². The number of hydrogen-bond acceptors (Lipinski definition) is 18. The minimum Gasteiger partial charge on any atom is -0.420 e. The summed E-state index contributed by atoms with van der Waals surface area (Å²) in [7, 11) is 2.03. The number of halogens is 4. The smallest absolute Gasteiger partial charge is 0.315 e. The van der Waals surface area contributed by atoms with Gasteiger partial charge in [0.15, 0.2) is 11.6 Å². The van der Waals surface area contributed by atoms with Crippen LogP contribution in [0.2, 0.25) is 0 Å². The molecule has 76 heavy (non-hydrogen) atoms. The number of likely N-dealkylation sites (N-methyl/N-ethyl adjacent to an activating group) is 1. The van der Waals surface area contributed by atoms with Crippen LogP contribution in [0.3, 0.4) is 0 Å². The van der Waals surface area contributed by atoms with E-state index in [0.717, 1.165) is 47.7 Å². The number of hydrogen-bond donors (Lipinski definition) is 3. The molecule has 0 unspecified atom stereocenters. The molecule has 430 valence electrons. The van der Waals surface area contributed by atoms with Crippen LogP contribution in [0.1, 0.15) is 61.6 Å². The van der Waals surface area contributed by atoms with Crippen molar-refractivity contribution in [3.63, 3.8) is 0 Å². The topological polar surface area (TPSA) is 222 Å². The Morgan fingerprint density at radius 3 is 1.64 bits per heavy atom. The number of carbonyl (C=O) groups excluding carboxylic acids is 3. The Balaban J connectivity index is 0.859. The zero-order valence-corrected chi connectivity index (χ0v) is 44.8. The predicted molar refractivity (Wildman–Crippen MR) is 275 cm³/mol. The standard InChI is InChI=1S/C51H78F4N6O14S/c1-3-10-61(11-5-9-57-51(64)58-39-6-4-7-39)50(63)38-33-44-43(59-45(56)34-38)35-40(76-44)37-60(2)12-14-66-16-18-68-20-22-70-24-26-72-28-30-74-32-31-73-29-27-71-25-23-69-21-19-67-17-15-65-13-8-46(62)75-49-47(54)41(52)36-42(53)48(49)55/h33,35-36,39H,3-32,34,37H2,1-2H3,(H2,56,59)(H2,57,58,64). The van der Waals surface area contributed by atoms with Gasteiger partial charge in [-0.25, -0.2) is 18.6 Å². The Morgan fingerprint density at radius 2 is 1.17 bits per heavy atom. The zero-order chi connectivity index (χ0) is 54.6. The summed E-state index contributed by atoms with van der Waals surface area (Å²) in [5, 5.41) is 5.89. The van der Waals surface area contributed by atoms with Crippen molar-refractivity contribution in [2.75, 3.05) is 165 Å². The van der Waals surface area contributed by atoms with E-state index in [-0.39, 0.29) is 50.3 Å². The summed E-state index contributed by atoms with van der Waals surface area (Å²) >= 11 is 1.61. The maximum absolute atomic E-state index is 13.7. The van der Waals surface area contributed by atoms with E-state index in [1.165, 1.54) is 0 Å². The lowest BCUT2D eigenvalue weighted by Crippen LogP contribution is -2.45. The largest absolute Gasteiger partial charge is 0.420 e. The molecule has 2 heterocycles. The van der Waals surface area contributed by atoms with E-state index in [4.69, 9.17) is 53.1 Å². The summed E-state index contributed by atoms with van der Waals surface area (Å²) < 4.78 is 113. The third kappa shape index (κ3) is 26.8. The third-order valence-corrected chi connectivity index (χ3v) is 12.3. The second kappa shape index (κ2) is 39.1. The first-order chi connectivity index (χ1) is 36.9. The molecule has 0 radical (unpaired) electrons. The molecule has 1 aromatic heterocycles. The lowest BCUT2D eigenvalue weighted by atomic mass is 9.93. The SMILES string of the molecule is CCCN(CCCNC(=O)NC1CCC1)C(=O)C1=Cc2sc(CN(C)CCOCCOCCOCCOCCOCCOCCOCCOCCOCCOCCC(=O)Oc3c(F)c(F)cc(F)c3F)cc2N=C(N)C1. The van der Waals surface area contributed by atoms with Gasteiger partial charge in [0.2, 0.25) is 23.3 Å². The van der Waals surface area contributed by atoms with Crippen molar-refractivity contribution >= 4 is 46.8 Å². The first-order valence-electron chi connectivity index (χ1n) is 25.9. The second-order valence-electron chi connectivity index (χ2n) is 17.5. The molecule has 4 rings (SSSR count). The number of urea groups is 1. The van der Waals surface area contributed by atoms with E-state index in [2.05, 4.69) is 25.3 Å². The number of nitrogens with zero attached hydrogens (tertiary/aromatic N) is 3. The van der Waals surface area contributed by atoms with Crippen LogP contribution in [0, 0.1) is 23.3 Å². The van der Waals surface area contributed by atoms with Gasteiger partial charge in [-0.3, -0.25) is 14.5 Å². The fourth-order valence-electron chi connectivity index (χ4n) is 7.11. The average Bonchev–Trinajstić information content (AvgIpc) is 3.67. The number of esters is 1. The second-order valence-corrected chi connectivity index (χ2v) is 18.6. The van der Waals surface area contributed by atoms with Crippen molar-refractivity contribution < 1.29 is 84.1 Å². The molecular formula is C51H78F4N6O14S. The fourth-order valence-corrected chi connectivity index (χ4v) is 8.26. The van der Waals surface area contributed by atoms with Gasteiger partial charge in [-0.1, -0.05) is 6.92 Å². The zero-order valence-electron chi connectivity index (χ0n) is 44.0. The average molecular weight is 1110 g/mol. The highest BCUT2D eigenvalue weighted by atomic mass is 32.1. The molecule has 0 atom stereocenters. The highest BCUT2D eigenvalue weighted by Crippen LogP contribution is 2.35. The maximum atomic E-state index is 13.7. The molecule has 3 amide bonds. The van der Waals surface area contributed by atoms with Crippen LogP contribution >= 0.6 is 11.3 Å². The number of thiophene rings is 1. The molecule has 25 heteroatoms. The summed E-state index contributed by atoms with van der Waals surface area (Å²) in [6.07, 6.45) is 6.52. The number of rotatable bonds is 44. The molecule has 1 fully saturated rings. The highest BCUT2D eigenvalue weighted by Gasteiger charge is 2.25. The van der Waals surface area contributed by atoms with Gasteiger partial charge >= 0.3 is 12.0 Å². The van der Waals surface area contributed by atoms with Crippen molar-refractivity contribution in [1.29, 1.82) is 0 Å². The van der Waals surface area contributed by atoms with Crippen LogP contribution in [0.15, 0.2) is 22.7 Å². The van der Waals surface area contributed by atoms with E-state index in [1.54, 1.807) is 11.3 Å². The van der Waals surface area contributed by atoms with Gasteiger partial charge in [-0.05, 0) is 51.3 Å². The molecule has 0 spiro atoms. The van der Waals surface area contributed by atoms with E-state index < -0.39 is 41.4 Å². The molecule has 4 N–H and O–H groups in total. The maximum Gasteiger partial charge on any atom is 0.315 e.